The van der Waals surface area contributed by atoms with E-state index >= 15 is 0 Å². The molecule has 1 unspecified atom stereocenters. The lowest BCUT2D eigenvalue weighted by Gasteiger charge is -2.25. The number of nitrogens with two attached hydrogens (primary N) is 1. The van der Waals surface area contributed by atoms with Gasteiger partial charge in [0.1, 0.15) is 0 Å². The van der Waals surface area contributed by atoms with E-state index in [0.717, 1.165) is 13.0 Å². The van der Waals surface area contributed by atoms with E-state index in [0.29, 0.717) is 12.6 Å². The van der Waals surface area contributed by atoms with Gasteiger partial charge in [-0.05, 0) is 13.5 Å². The van der Waals surface area contributed by atoms with Crippen LogP contribution in [0.5, 0.6) is 0 Å². The topological polar surface area (TPSA) is 47.1 Å². The molecule has 4 heteroatoms. The van der Waals surface area contributed by atoms with Crippen molar-refractivity contribution in [1.29, 1.82) is 0 Å². The summed E-state index contributed by atoms with van der Waals surface area (Å²) in [5, 5.41) is 4.14. The summed E-state index contributed by atoms with van der Waals surface area (Å²) in [6.45, 7) is 3.80. The fourth-order valence-electron chi connectivity index (χ4n) is 1.63. The van der Waals surface area contributed by atoms with Gasteiger partial charge in [0.15, 0.2) is 0 Å². The Morgan fingerprint density at radius 3 is 2.79 bits per heavy atom. The summed E-state index contributed by atoms with van der Waals surface area (Å²) < 4.78 is 1.83. The Bertz CT molecular complexity index is 265. The van der Waals surface area contributed by atoms with Gasteiger partial charge in [0.2, 0.25) is 0 Å². The number of aromatic nitrogens is 2. The van der Waals surface area contributed by atoms with E-state index < -0.39 is 0 Å². The van der Waals surface area contributed by atoms with Gasteiger partial charge in [0.25, 0.3) is 0 Å². The largest absolute Gasteiger partial charge is 0.329 e. The zero-order chi connectivity index (χ0) is 10.6. The average molecular weight is 196 g/mol. The monoisotopic (exact) mass is 196 g/mol. The maximum Gasteiger partial charge on any atom is 0.0534 e. The number of likely N-dealkylation sites (N-methyl/N-ethyl adjacent to an activating group) is 1. The zero-order valence-electron chi connectivity index (χ0n) is 9.27. The molecular weight excluding hydrogens is 176 g/mol. The number of aryl methyl sites for hydroxylation is 1. The molecule has 0 bridgehead atoms. The third kappa shape index (κ3) is 2.82. The third-order valence-corrected chi connectivity index (χ3v) is 2.56. The summed E-state index contributed by atoms with van der Waals surface area (Å²) in [6.07, 6.45) is 5.03. The molecule has 1 aromatic heterocycles. The van der Waals surface area contributed by atoms with Crippen LogP contribution in [-0.2, 0) is 13.6 Å². The lowest BCUT2D eigenvalue weighted by Crippen LogP contribution is -2.36. The molecule has 1 atom stereocenters. The summed E-state index contributed by atoms with van der Waals surface area (Å²) in [6, 6.07) is 0.468. The van der Waals surface area contributed by atoms with Gasteiger partial charge >= 0.3 is 0 Å². The second-order valence-electron chi connectivity index (χ2n) is 3.74. The predicted molar refractivity (Wildman–Crippen MR) is 57.8 cm³/mol. The number of hydrogen-bond donors (Lipinski definition) is 1. The molecule has 0 amide bonds. The van der Waals surface area contributed by atoms with Gasteiger partial charge in [0.05, 0.1) is 6.20 Å². The molecule has 1 aromatic rings. The molecule has 1 rings (SSSR count). The third-order valence-electron chi connectivity index (χ3n) is 2.56. The van der Waals surface area contributed by atoms with Crippen molar-refractivity contribution in [3.63, 3.8) is 0 Å². The molecule has 0 aliphatic carbocycles. The highest BCUT2D eigenvalue weighted by Gasteiger charge is 2.11. The number of hydrogen-bond acceptors (Lipinski definition) is 3. The SMILES string of the molecule is CCC(CN)N(C)Cc1cnn(C)c1. The first-order chi connectivity index (χ1) is 6.67. The Hall–Kier alpha value is -0.870. The van der Waals surface area contributed by atoms with E-state index in [9.17, 15) is 0 Å². The van der Waals surface area contributed by atoms with Gasteiger partial charge in [-0.2, -0.15) is 5.10 Å². The van der Waals surface area contributed by atoms with Crippen LogP contribution in [0, 0.1) is 0 Å². The molecule has 14 heavy (non-hydrogen) atoms. The van der Waals surface area contributed by atoms with Crippen LogP contribution in [0.25, 0.3) is 0 Å². The van der Waals surface area contributed by atoms with E-state index in [4.69, 9.17) is 5.73 Å². The van der Waals surface area contributed by atoms with Crippen LogP contribution in [0.1, 0.15) is 18.9 Å². The van der Waals surface area contributed by atoms with Gasteiger partial charge in [-0.15, -0.1) is 0 Å². The maximum atomic E-state index is 5.68. The summed E-state index contributed by atoms with van der Waals surface area (Å²) in [7, 11) is 4.04. The summed E-state index contributed by atoms with van der Waals surface area (Å²) in [5.41, 5.74) is 6.92. The first kappa shape index (κ1) is 11.2. The standard InChI is InChI=1S/C10H20N4/c1-4-10(5-11)13(2)7-9-6-12-14(3)8-9/h6,8,10H,4-5,7,11H2,1-3H3. The minimum absolute atomic E-state index is 0.468. The molecule has 0 aliphatic heterocycles. The van der Waals surface area contributed by atoms with Crippen LogP contribution in [-0.4, -0.2) is 34.3 Å². The van der Waals surface area contributed by atoms with Crippen molar-refractivity contribution in [1.82, 2.24) is 14.7 Å². The Morgan fingerprint density at radius 2 is 2.36 bits per heavy atom. The molecule has 1 heterocycles. The van der Waals surface area contributed by atoms with Gasteiger partial charge in [0, 0.05) is 37.9 Å². The maximum absolute atomic E-state index is 5.68. The lowest BCUT2D eigenvalue weighted by atomic mass is 10.2. The van der Waals surface area contributed by atoms with Crippen molar-refractivity contribution in [2.45, 2.75) is 25.9 Å². The molecule has 0 fully saturated rings. The second-order valence-corrected chi connectivity index (χ2v) is 3.74. The highest BCUT2D eigenvalue weighted by atomic mass is 15.2. The smallest absolute Gasteiger partial charge is 0.0534 e. The van der Waals surface area contributed by atoms with Gasteiger partial charge in [-0.25, -0.2) is 0 Å². The molecular formula is C10H20N4. The number of nitrogens with zero attached hydrogens (tertiary/aromatic N) is 3. The van der Waals surface area contributed by atoms with Crippen molar-refractivity contribution < 1.29 is 0 Å². The highest BCUT2D eigenvalue weighted by Crippen LogP contribution is 2.06. The molecule has 80 valence electrons. The van der Waals surface area contributed by atoms with Crippen LogP contribution < -0.4 is 5.73 Å². The molecule has 2 N–H and O–H groups in total. The van der Waals surface area contributed by atoms with Crippen LogP contribution in [0.2, 0.25) is 0 Å². The normalized spacial score (nSPS) is 13.5. The van der Waals surface area contributed by atoms with E-state index in [1.807, 2.05) is 24.1 Å². The fourth-order valence-corrected chi connectivity index (χ4v) is 1.63. The van der Waals surface area contributed by atoms with E-state index in [2.05, 4.69) is 24.0 Å². The summed E-state index contributed by atoms with van der Waals surface area (Å²) >= 11 is 0. The second kappa shape index (κ2) is 5.12. The Kier molecular flexibility index (Phi) is 4.10. The molecule has 0 aromatic carbocycles. The quantitative estimate of drug-likeness (QED) is 0.749. The van der Waals surface area contributed by atoms with Gasteiger partial charge < -0.3 is 5.73 Å². The highest BCUT2D eigenvalue weighted by molar-refractivity contribution is 5.03. The molecule has 0 radical (unpaired) electrons. The van der Waals surface area contributed by atoms with E-state index in [-0.39, 0.29) is 0 Å². The van der Waals surface area contributed by atoms with Crippen molar-refractivity contribution in [3.8, 4) is 0 Å². The molecule has 0 spiro atoms. The fraction of sp³-hybridized carbons (Fsp3) is 0.700. The van der Waals surface area contributed by atoms with Crippen molar-refractivity contribution in [3.05, 3.63) is 18.0 Å². The van der Waals surface area contributed by atoms with Crippen molar-refractivity contribution in [2.24, 2.45) is 12.8 Å². The molecule has 0 saturated heterocycles. The van der Waals surface area contributed by atoms with Crippen LogP contribution >= 0.6 is 0 Å². The number of rotatable bonds is 5. The Morgan fingerprint density at radius 1 is 1.64 bits per heavy atom. The molecule has 0 aliphatic rings. The first-order valence-electron chi connectivity index (χ1n) is 5.05. The first-order valence-corrected chi connectivity index (χ1v) is 5.05. The van der Waals surface area contributed by atoms with Crippen molar-refractivity contribution in [2.75, 3.05) is 13.6 Å². The van der Waals surface area contributed by atoms with Gasteiger partial charge in [-0.3, -0.25) is 9.58 Å². The molecule has 4 nitrogen and oxygen atoms in total. The van der Waals surface area contributed by atoms with Crippen molar-refractivity contribution >= 4 is 0 Å². The molecule has 0 saturated carbocycles. The van der Waals surface area contributed by atoms with Crippen LogP contribution in [0.3, 0.4) is 0 Å². The summed E-state index contributed by atoms with van der Waals surface area (Å²) in [5.74, 6) is 0. The predicted octanol–water partition coefficient (Wildman–Crippen LogP) is 0.589. The van der Waals surface area contributed by atoms with E-state index in [1.165, 1.54) is 5.56 Å². The van der Waals surface area contributed by atoms with Crippen LogP contribution in [0.4, 0.5) is 0 Å². The summed E-state index contributed by atoms with van der Waals surface area (Å²) in [4.78, 5) is 2.27. The lowest BCUT2D eigenvalue weighted by molar-refractivity contribution is 0.233. The Balaban J connectivity index is 2.51. The van der Waals surface area contributed by atoms with Crippen LogP contribution in [0.15, 0.2) is 12.4 Å². The average Bonchev–Trinajstić information content (AvgIpc) is 2.53. The zero-order valence-corrected chi connectivity index (χ0v) is 9.27. The minimum Gasteiger partial charge on any atom is -0.329 e. The van der Waals surface area contributed by atoms with E-state index in [1.54, 1.807) is 0 Å². The van der Waals surface area contributed by atoms with Gasteiger partial charge in [-0.1, -0.05) is 6.92 Å². The minimum atomic E-state index is 0.468. The Labute approximate surface area is 85.7 Å².